The molecule has 1 unspecified atom stereocenters. The highest BCUT2D eigenvalue weighted by molar-refractivity contribution is 5.29. The highest BCUT2D eigenvalue weighted by Crippen LogP contribution is 2.35. The van der Waals surface area contributed by atoms with Crippen molar-refractivity contribution in [1.29, 1.82) is 0 Å². The van der Waals surface area contributed by atoms with Crippen molar-refractivity contribution in [1.82, 2.24) is 10.2 Å². The fraction of sp³-hybridized carbons (Fsp3) is 0.467. The van der Waals surface area contributed by atoms with E-state index in [1.54, 1.807) is 19.1 Å². The summed E-state index contributed by atoms with van der Waals surface area (Å²) < 4.78 is 18.4. The lowest BCUT2D eigenvalue weighted by atomic mass is 9.81. The molecule has 1 saturated heterocycles. The Kier molecular flexibility index (Phi) is 3.63. The first-order valence-corrected chi connectivity index (χ1v) is 7.01. The zero-order valence-corrected chi connectivity index (χ0v) is 11.9. The van der Waals surface area contributed by atoms with E-state index in [0.29, 0.717) is 24.9 Å². The van der Waals surface area contributed by atoms with Crippen molar-refractivity contribution in [3.8, 4) is 0 Å². The van der Waals surface area contributed by atoms with E-state index >= 15 is 0 Å². The number of hydrogen-bond donors (Lipinski definition) is 1. The molecule has 1 aromatic carbocycles. The van der Waals surface area contributed by atoms with E-state index in [4.69, 9.17) is 4.42 Å². The molecule has 1 aromatic heterocycles. The van der Waals surface area contributed by atoms with Crippen LogP contribution in [-0.2, 0) is 6.42 Å². The lowest BCUT2D eigenvalue weighted by molar-refractivity contribution is 0.144. The number of nitrogens with zero attached hydrogens (tertiary/aromatic N) is 3. The molecule has 5 nitrogen and oxygen atoms in total. The Balaban J connectivity index is 1.74. The van der Waals surface area contributed by atoms with Crippen molar-refractivity contribution in [2.75, 3.05) is 24.6 Å². The van der Waals surface area contributed by atoms with E-state index in [1.807, 2.05) is 4.90 Å². The van der Waals surface area contributed by atoms with Gasteiger partial charge in [-0.05, 0) is 30.5 Å². The fourth-order valence-electron chi connectivity index (χ4n) is 2.88. The van der Waals surface area contributed by atoms with Crippen LogP contribution >= 0.6 is 0 Å². The van der Waals surface area contributed by atoms with E-state index in [0.717, 1.165) is 18.5 Å². The number of halogens is 1. The second kappa shape index (κ2) is 5.44. The van der Waals surface area contributed by atoms with E-state index in [1.165, 1.54) is 12.1 Å². The van der Waals surface area contributed by atoms with E-state index in [-0.39, 0.29) is 17.8 Å². The molecule has 1 N–H and O–H groups in total. The molecule has 1 aliphatic rings. The van der Waals surface area contributed by atoms with Crippen LogP contribution in [0, 0.1) is 18.2 Å². The molecule has 21 heavy (non-hydrogen) atoms. The third-order valence-corrected chi connectivity index (χ3v) is 4.05. The summed E-state index contributed by atoms with van der Waals surface area (Å²) in [6, 6.07) is 6.95. The van der Waals surface area contributed by atoms with Crippen molar-refractivity contribution in [3.63, 3.8) is 0 Å². The number of hydrogen-bond acceptors (Lipinski definition) is 5. The standard InChI is InChI=1S/C15H18FN3O2/c1-11-17-18-14(21-11)19-7-6-15(9-19,10-20)8-12-2-4-13(16)5-3-12/h2-5,20H,6-10H2,1H3. The second-order valence-corrected chi connectivity index (χ2v) is 5.74. The maximum Gasteiger partial charge on any atom is 0.318 e. The molecule has 3 rings (SSSR count). The van der Waals surface area contributed by atoms with E-state index in [2.05, 4.69) is 10.2 Å². The normalized spacial score (nSPS) is 22.0. The third-order valence-electron chi connectivity index (χ3n) is 4.05. The minimum Gasteiger partial charge on any atom is -0.408 e. The van der Waals surface area contributed by atoms with E-state index < -0.39 is 0 Å². The monoisotopic (exact) mass is 291 g/mol. The summed E-state index contributed by atoms with van der Waals surface area (Å²) in [7, 11) is 0. The Hall–Kier alpha value is -1.95. The molecule has 0 aliphatic carbocycles. The number of benzene rings is 1. The maximum absolute atomic E-state index is 13.0. The summed E-state index contributed by atoms with van der Waals surface area (Å²) in [5.74, 6) is 0.288. The predicted octanol–water partition coefficient (Wildman–Crippen LogP) is 1.95. The molecule has 0 bridgehead atoms. The topological polar surface area (TPSA) is 62.4 Å². The molecule has 2 aromatic rings. The van der Waals surface area contributed by atoms with Gasteiger partial charge >= 0.3 is 6.01 Å². The second-order valence-electron chi connectivity index (χ2n) is 5.74. The van der Waals surface area contributed by atoms with Gasteiger partial charge in [0.1, 0.15) is 5.82 Å². The van der Waals surface area contributed by atoms with Gasteiger partial charge in [-0.15, -0.1) is 5.10 Å². The number of anilines is 1. The van der Waals surface area contributed by atoms with Crippen LogP contribution in [0.4, 0.5) is 10.4 Å². The molecule has 0 saturated carbocycles. The van der Waals surface area contributed by atoms with Crippen LogP contribution in [0.2, 0.25) is 0 Å². The minimum atomic E-state index is -0.250. The molecular formula is C15H18FN3O2. The van der Waals surface area contributed by atoms with Crippen molar-refractivity contribution in [2.45, 2.75) is 19.8 Å². The number of aliphatic hydroxyl groups excluding tert-OH is 1. The molecule has 0 spiro atoms. The molecule has 0 radical (unpaired) electrons. The Bertz CT molecular complexity index is 614. The zero-order chi connectivity index (χ0) is 14.9. The van der Waals surface area contributed by atoms with Crippen molar-refractivity contribution >= 4 is 6.01 Å². The van der Waals surface area contributed by atoms with Gasteiger partial charge < -0.3 is 14.4 Å². The Morgan fingerprint density at radius 1 is 1.33 bits per heavy atom. The molecule has 6 heteroatoms. The van der Waals surface area contributed by atoms with Crippen molar-refractivity contribution in [3.05, 3.63) is 41.5 Å². The van der Waals surface area contributed by atoms with Crippen LogP contribution in [0.3, 0.4) is 0 Å². The summed E-state index contributed by atoms with van der Waals surface area (Å²) in [5, 5.41) is 17.7. The molecule has 2 heterocycles. The number of aliphatic hydroxyl groups is 1. The van der Waals surface area contributed by atoms with Gasteiger partial charge in [-0.25, -0.2) is 4.39 Å². The largest absolute Gasteiger partial charge is 0.408 e. The summed E-state index contributed by atoms with van der Waals surface area (Å²) >= 11 is 0. The highest BCUT2D eigenvalue weighted by atomic mass is 19.1. The summed E-state index contributed by atoms with van der Waals surface area (Å²) in [6.07, 6.45) is 1.54. The van der Waals surface area contributed by atoms with Crippen LogP contribution in [0.5, 0.6) is 0 Å². The van der Waals surface area contributed by atoms with Gasteiger partial charge in [0.25, 0.3) is 0 Å². The maximum atomic E-state index is 13.0. The van der Waals surface area contributed by atoms with Crippen molar-refractivity contribution in [2.24, 2.45) is 5.41 Å². The number of rotatable bonds is 4. The predicted molar refractivity (Wildman–Crippen MR) is 75.5 cm³/mol. The van der Waals surface area contributed by atoms with Gasteiger partial charge in [-0.3, -0.25) is 0 Å². The van der Waals surface area contributed by atoms with Gasteiger partial charge in [0.05, 0.1) is 6.61 Å². The average molecular weight is 291 g/mol. The number of aromatic nitrogens is 2. The van der Waals surface area contributed by atoms with Crippen LogP contribution in [0.1, 0.15) is 17.9 Å². The SMILES string of the molecule is Cc1nnc(N2CCC(CO)(Cc3ccc(F)cc3)C2)o1. The van der Waals surface area contributed by atoms with Crippen LogP contribution in [0.25, 0.3) is 0 Å². The Labute approximate surface area is 122 Å². The molecule has 1 atom stereocenters. The Morgan fingerprint density at radius 2 is 2.10 bits per heavy atom. The Morgan fingerprint density at radius 3 is 2.71 bits per heavy atom. The lowest BCUT2D eigenvalue weighted by Crippen LogP contribution is -2.32. The molecule has 0 amide bonds. The third kappa shape index (κ3) is 2.90. The van der Waals surface area contributed by atoms with Gasteiger partial charge in [0.2, 0.25) is 5.89 Å². The summed E-state index contributed by atoms with van der Waals surface area (Å²) in [4.78, 5) is 2.00. The summed E-state index contributed by atoms with van der Waals surface area (Å²) in [6.45, 7) is 3.25. The average Bonchev–Trinajstić information content (AvgIpc) is 3.09. The minimum absolute atomic E-state index is 0.0774. The molecule has 1 fully saturated rings. The zero-order valence-electron chi connectivity index (χ0n) is 11.9. The van der Waals surface area contributed by atoms with Crippen LogP contribution < -0.4 is 4.90 Å². The van der Waals surface area contributed by atoms with E-state index in [9.17, 15) is 9.50 Å². The van der Waals surface area contributed by atoms with Gasteiger partial charge in [0.15, 0.2) is 0 Å². The molecular weight excluding hydrogens is 273 g/mol. The van der Waals surface area contributed by atoms with Gasteiger partial charge in [-0.1, -0.05) is 17.2 Å². The van der Waals surface area contributed by atoms with Gasteiger partial charge in [-0.2, -0.15) is 0 Å². The number of aryl methyl sites for hydroxylation is 1. The molecule has 112 valence electrons. The van der Waals surface area contributed by atoms with Crippen LogP contribution in [-0.4, -0.2) is 35.0 Å². The quantitative estimate of drug-likeness (QED) is 0.933. The van der Waals surface area contributed by atoms with Crippen molar-refractivity contribution < 1.29 is 13.9 Å². The fourth-order valence-corrected chi connectivity index (χ4v) is 2.88. The first-order valence-electron chi connectivity index (χ1n) is 7.01. The summed E-state index contributed by atoms with van der Waals surface area (Å²) in [5.41, 5.74) is 0.772. The smallest absolute Gasteiger partial charge is 0.318 e. The highest BCUT2D eigenvalue weighted by Gasteiger charge is 2.39. The van der Waals surface area contributed by atoms with Gasteiger partial charge in [0, 0.05) is 25.4 Å². The lowest BCUT2D eigenvalue weighted by Gasteiger charge is -2.26. The first kappa shape index (κ1) is 14.0. The first-order chi connectivity index (χ1) is 10.1. The van der Waals surface area contributed by atoms with Crippen LogP contribution in [0.15, 0.2) is 28.7 Å². The molecule has 1 aliphatic heterocycles.